The van der Waals surface area contributed by atoms with E-state index in [1.807, 2.05) is 0 Å². The van der Waals surface area contributed by atoms with Gasteiger partial charge in [-0.15, -0.1) is 0 Å². The van der Waals surface area contributed by atoms with Crippen LogP contribution < -0.4 is 16.2 Å². The van der Waals surface area contributed by atoms with Crippen LogP contribution in [0, 0.1) is 17.0 Å². The molecule has 0 aliphatic carbocycles. The molecule has 2 N–H and O–H groups in total. The van der Waals surface area contributed by atoms with Gasteiger partial charge in [-0.3, -0.25) is 29.1 Å². The van der Waals surface area contributed by atoms with Crippen LogP contribution in [0.15, 0.2) is 41.3 Å². The number of hydrogen-bond acceptors (Lipinski definition) is 5. The smallest absolute Gasteiger partial charge is 0.286 e. The Hall–Kier alpha value is -3.49. The standard InChI is InChI=1S/C16H16N4O5/c1-10-7-14(20(24)25)8-19(16(10)23)9-15(22)18-13-5-3-12(4-6-13)17-11(2)21/h3-8H,9H2,1-2H3,(H,17,21)(H,18,22). The summed E-state index contributed by atoms with van der Waals surface area (Å²) < 4.78 is 0.995. The minimum atomic E-state index is -0.623. The Morgan fingerprint density at radius 1 is 1.16 bits per heavy atom. The van der Waals surface area contributed by atoms with E-state index in [2.05, 4.69) is 10.6 Å². The second kappa shape index (κ2) is 7.39. The SMILES string of the molecule is CC(=O)Nc1ccc(NC(=O)Cn2cc([N+](=O)[O-])cc(C)c2=O)cc1. The third kappa shape index (κ3) is 4.74. The van der Waals surface area contributed by atoms with Crippen LogP contribution in [-0.2, 0) is 16.1 Å². The lowest BCUT2D eigenvalue weighted by molar-refractivity contribution is -0.385. The molecule has 2 amide bonds. The molecular weight excluding hydrogens is 328 g/mol. The van der Waals surface area contributed by atoms with E-state index in [1.165, 1.54) is 13.8 Å². The Morgan fingerprint density at radius 3 is 2.24 bits per heavy atom. The number of carbonyl (C=O) groups is 2. The number of aromatic nitrogens is 1. The summed E-state index contributed by atoms with van der Waals surface area (Å²) in [4.78, 5) is 45.3. The number of pyridine rings is 1. The summed E-state index contributed by atoms with van der Waals surface area (Å²) in [5, 5.41) is 16.0. The van der Waals surface area contributed by atoms with Crippen LogP contribution in [0.2, 0.25) is 0 Å². The van der Waals surface area contributed by atoms with Crippen molar-refractivity contribution in [3.05, 3.63) is 62.6 Å². The van der Waals surface area contributed by atoms with E-state index >= 15 is 0 Å². The van der Waals surface area contributed by atoms with Gasteiger partial charge in [0.25, 0.3) is 11.2 Å². The molecule has 2 aromatic rings. The van der Waals surface area contributed by atoms with E-state index in [-0.39, 0.29) is 23.7 Å². The summed E-state index contributed by atoms with van der Waals surface area (Å²) in [6, 6.07) is 7.56. The number of benzene rings is 1. The first-order valence-electron chi connectivity index (χ1n) is 7.29. The van der Waals surface area contributed by atoms with E-state index in [0.29, 0.717) is 11.4 Å². The molecule has 130 valence electrons. The van der Waals surface area contributed by atoms with Crippen LogP contribution in [0.25, 0.3) is 0 Å². The van der Waals surface area contributed by atoms with Crippen molar-refractivity contribution in [1.29, 1.82) is 0 Å². The summed E-state index contributed by atoms with van der Waals surface area (Å²) in [7, 11) is 0. The average molecular weight is 344 g/mol. The van der Waals surface area contributed by atoms with Gasteiger partial charge < -0.3 is 10.6 Å². The van der Waals surface area contributed by atoms with Crippen molar-refractivity contribution in [2.45, 2.75) is 20.4 Å². The van der Waals surface area contributed by atoms with Crippen LogP contribution in [-0.4, -0.2) is 21.3 Å². The summed E-state index contributed by atoms with van der Waals surface area (Å²) in [6.07, 6.45) is 1.04. The average Bonchev–Trinajstić information content (AvgIpc) is 2.52. The van der Waals surface area contributed by atoms with Gasteiger partial charge in [-0.05, 0) is 31.2 Å². The zero-order valence-electron chi connectivity index (χ0n) is 13.6. The largest absolute Gasteiger partial charge is 0.326 e. The van der Waals surface area contributed by atoms with E-state index < -0.39 is 16.4 Å². The molecule has 0 saturated carbocycles. The number of nitrogens with zero attached hydrogens (tertiary/aromatic N) is 2. The van der Waals surface area contributed by atoms with Crippen LogP contribution in [0.3, 0.4) is 0 Å². The van der Waals surface area contributed by atoms with E-state index in [4.69, 9.17) is 0 Å². The molecule has 25 heavy (non-hydrogen) atoms. The number of amides is 2. The molecule has 1 heterocycles. The first kappa shape index (κ1) is 17.9. The Morgan fingerprint density at radius 2 is 1.72 bits per heavy atom. The van der Waals surface area contributed by atoms with Crippen LogP contribution in [0.5, 0.6) is 0 Å². The van der Waals surface area contributed by atoms with Crippen molar-refractivity contribution in [2.24, 2.45) is 0 Å². The molecule has 0 aliphatic heterocycles. The van der Waals surface area contributed by atoms with Gasteiger partial charge >= 0.3 is 0 Å². The Labute approximate surface area is 142 Å². The van der Waals surface area contributed by atoms with Crippen LogP contribution in [0.4, 0.5) is 17.1 Å². The van der Waals surface area contributed by atoms with Crippen molar-refractivity contribution in [1.82, 2.24) is 4.57 Å². The lowest BCUT2D eigenvalue weighted by atomic mass is 10.2. The molecule has 1 aromatic heterocycles. The summed E-state index contributed by atoms with van der Waals surface area (Å²) in [5.74, 6) is -0.716. The first-order valence-corrected chi connectivity index (χ1v) is 7.29. The molecule has 0 unspecified atom stereocenters. The molecule has 0 fully saturated rings. The third-order valence-corrected chi connectivity index (χ3v) is 3.26. The predicted molar refractivity (Wildman–Crippen MR) is 91.5 cm³/mol. The van der Waals surface area contributed by atoms with Crippen LogP contribution >= 0.6 is 0 Å². The number of carbonyl (C=O) groups excluding carboxylic acids is 2. The fourth-order valence-electron chi connectivity index (χ4n) is 2.18. The normalized spacial score (nSPS) is 10.2. The fraction of sp³-hybridized carbons (Fsp3) is 0.188. The highest BCUT2D eigenvalue weighted by atomic mass is 16.6. The van der Waals surface area contributed by atoms with E-state index in [0.717, 1.165) is 16.8 Å². The van der Waals surface area contributed by atoms with Gasteiger partial charge in [-0.25, -0.2) is 0 Å². The van der Waals surface area contributed by atoms with Crippen molar-refractivity contribution in [3.8, 4) is 0 Å². The number of aryl methyl sites for hydroxylation is 1. The van der Waals surface area contributed by atoms with Crippen molar-refractivity contribution in [3.63, 3.8) is 0 Å². The molecule has 9 heteroatoms. The lowest BCUT2D eigenvalue weighted by Gasteiger charge is -2.09. The van der Waals surface area contributed by atoms with E-state index in [1.54, 1.807) is 24.3 Å². The maximum atomic E-state index is 12.1. The quantitative estimate of drug-likeness (QED) is 0.631. The third-order valence-electron chi connectivity index (χ3n) is 3.26. The van der Waals surface area contributed by atoms with Gasteiger partial charge in [0.1, 0.15) is 6.54 Å². The molecule has 9 nitrogen and oxygen atoms in total. The maximum Gasteiger partial charge on any atom is 0.286 e. The highest BCUT2D eigenvalue weighted by Crippen LogP contribution is 2.14. The van der Waals surface area contributed by atoms with Gasteiger partial charge in [0, 0.05) is 29.9 Å². The van der Waals surface area contributed by atoms with Crippen LogP contribution in [0.1, 0.15) is 12.5 Å². The minimum Gasteiger partial charge on any atom is -0.326 e. The Bertz CT molecular complexity index is 886. The molecule has 1 aromatic carbocycles. The fourth-order valence-corrected chi connectivity index (χ4v) is 2.18. The zero-order chi connectivity index (χ0) is 18.6. The monoisotopic (exact) mass is 344 g/mol. The van der Waals surface area contributed by atoms with Gasteiger partial charge in [-0.2, -0.15) is 0 Å². The number of nitro groups is 1. The number of nitrogens with one attached hydrogen (secondary N) is 2. The topological polar surface area (TPSA) is 123 Å². The summed E-state index contributed by atoms with van der Waals surface area (Å²) in [6.45, 7) is 2.48. The maximum absolute atomic E-state index is 12.1. The van der Waals surface area contributed by atoms with Gasteiger partial charge in [0.2, 0.25) is 11.8 Å². The Kier molecular flexibility index (Phi) is 5.28. The Balaban J connectivity index is 2.11. The molecule has 0 radical (unpaired) electrons. The van der Waals surface area contributed by atoms with Gasteiger partial charge in [0.15, 0.2) is 0 Å². The number of rotatable bonds is 5. The summed E-state index contributed by atoms with van der Waals surface area (Å²) in [5.41, 5.74) is 0.498. The van der Waals surface area contributed by atoms with Gasteiger partial charge in [-0.1, -0.05) is 0 Å². The molecule has 0 bridgehead atoms. The lowest BCUT2D eigenvalue weighted by Crippen LogP contribution is -2.28. The molecule has 0 aliphatic rings. The molecule has 0 saturated heterocycles. The molecule has 2 rings (SSSR count). The second-order valence-corrected chi connectivity index (χ2v) is 5.38. The van der Waals surface area contributed by atoms with Crippen molar-refractivity contribution in [2.75, 3.05) is 10.6 Å². The number of hydrogen-bond donors (Lipinski definition) is 2. The highest BCUT2D eigenvalue weighted by Gasteiger charge is 2.13. The number of anilines is 2. The highest BCUT2D eigenvalue weighted by molar-refractivity contribution is 5.92. The predicted octanol–water partition coefficient (Wildman–Crippen LogP) is 1.66. The van der Waals surface area contributed by atoms with Crippen molar-refractivity contribution >= 4 is 28.9 Å². The molecule has 0 spiro atoms. The summed E-state index contributed by atoms with van der Waals surface area (Å²) >= 11 is 0. The minimum absolute atomic E-state index is 0.182. The second-order valence-electron chi connectivity index (χ2n) is 5.38. The van der Waals surface area contributed by atoms with Gasteiger partial charge in [0.05, 0.1) is 11.1 Å². The van der Waals surface area contributed by atoms with E-state index in [9.17, 15) is 24.5 Å². The zero-order valence-corrected chi connectivity index (χ0v) is 13.6. The van der Waals surface area contributed by atoms with Crippen molar-refractivity contribution < 1.29 is 14.5 Å². The molecular formula is C16H16N4O5. The first-order chi connectivity index (χ1) is 11.8. The molecule has 0 atom stereocenters.